The number of nitrogens with two attached hydrogens (primary N) is 2. The summed E-state index contributed by atoms with van der Waals surface area (Å²) in [6.07, 6.45) is 5.02. The van der Waals surface area contributed by atoms with Crippen LogP contribution >= 0.6 is 11.5 Å². The van der Waals surface area contributed by atoms with Crippen LogP contribution in [0.2, 0.25) is 0 Å². The Morgan fingerprint density at radius 1 is 1.24 bits per heavy atom. The van der Waals surface area contributed by atoms with Gasteiger partial charge in [0.05, 0.1) is 5.69 Å². The second kappa shape index (κ2) is 8.99. The van der Waals surface area contributed by atoms with E-state index >= 15 is 0 Å². The van der Waals surface area contributed by atoms with Crippen LogP contribution in [0.1, 0.15) is 52.3 Å². The zero-order valence-corrected chi connectivity index (χ0v) is 16.5. The van der Waals surface area contributed by atoms with Gasteiger partial charge in [0.1, 0.15) is 17.2 Å². The van der Waals surface area contributed by atoms with Gasteiger partial charge in [-0.1, -0.05) is 25.3 Å². The Balaban J connectivity index is 1.86. The number of aromatic nitrogens is 1. The molecule has 10 heteroatoms. The molecule has 3 amide bonds. The Kier molecular flexibility index (Phi) is 6.42. The second-order valence-electron chi connectivity index (χ2n) is 6.91. The third-order valence-corrected chi connectivity index (χ3v) is 5.64. The van der Waals surface area contributed by atoms with E-state index in [1.165, 1.54) is 18.2 Å². The Labute approximate surface area is 171 Å². The fourth-order valence-corrected chi connectivity index (χ4v) is 4.09. The standard InChI is InChI=1S/C19H22FN5O3S/c20-11-5-4-8-13(9-11)25(10-14(26)23-12-6-2-1-3-7-12)19(28)17-15(21)16(18(22)27)24-29-17/h4-5,8-9,12H,1-3,6-7,10,21H2,(H2,22,27)(H,23,26). The summed E-state index contributed by atoms with van der Waals surface area (Å²) in [4.78, 5) is 38.2. The molecule has 0 unspecified atom stereocenters. The number of hydrogen-bond donors (Lipinski definition) is 3. The summed E-state index contributed by atoms with van der Waals surface area (Å²) in [5.41, 5.74) is 10.9. The maximum Gasteiger partial charge on any atom is 0.272 e. The molecule has 1 heterocycles. The average Bonchev–Trinajstić information content (AvgIpc) is 3.08. The minimum Gasteiger partial charge on any atom is -0.395 e. The van der Waals surface area contributed by atoms with Crippen molar-refractivity contribution in [2.45, 2.75) is 38.1 Å². The van der Waals surface area contributed by atoms with Gasteiger partial charge in [-0.3, -0.25) is 19.3 Å². The van der Waals surface area contributed by atoms with Gasteiger partial charge in [0, 0.05) is 11.7 Å². The van der Waals surface area contributed by atoms with Crippen LogP contribution in [0.15, 0.2) is 24.3 Å². The summed E-state index contributed by atoms with van der Waals surface area (Å²) in [6.45, 7) is -0.317. The van der Waals surface area contributed by atoms with Crippen LogP contribution < -0.4 is 21.7 Å². The number of hydrogen-bond acceptors (Lipinski definition) is 6. The van der Waals surface area contributed by atoms with Crippen molar-refractivity contribution in [3.8, 4) is 0 Å². The number of benzene rings is 1. The van der Waals surface area contributed by atoms with Crippen molar-refractivity contribution in [1.29, 1.82) is 0 Å². The molecule has 1 saturated carbocycles. The maximum absolute atomic E-state index is 13.8. The van der Waals surface area contributed by atoms with Crippen LogP contribution in [0.5, 0.6) is 0 Å². The molecule has 1 aromatic carbocycles. The number of halogens is 1. The molecule has 2 aromatic rings. The molecule has 1 fully saturated rings. The normalized spacial score (nSPS) is 14.4. The van der Waals surface area contributed by atoms with E-state index in [4.69, 9.17) is 11.5 Å². The first-order valence-electron chi connectivity index (χ1n) is 9.28. The van der Waals surface area contributed by atoms with Crippen LogP contribution in [-0.4, -0.2) is 34.7 Å². The summed E-state index contributed by atoms with van der Waals surface area (Å²) in [5, 5.41) is 2.93. The molecule has 154 valence electrons. The van der Waals surface area contributed by atoms with E-state index in [1.807, 2.05) is 0 Å². The molecule has 0 spiro atoms. The van der Waals surface area contributed by atoms with E-state index in [1.54, 1.807) is 0 Å². The second-order valence-corrected chi connectivity index (χ2v) is 7.69. The molecule has 0 bridgehead atoms. The third kappa shape index (κ3) is 4.89. The molecule has 8 nitrogen and oxygen atoms in total. The molecular formula is C19H22FN5O3S. The highest BCUT2D eigenvalue weighted by molar-refractivity contribution is 7.09. The predicted molar refractivity (Wildman–Crippen MR) is 108 cm³/mol. The van der Waals surface area contributed by atoms with E-state index in [-0.39, 0.29) is 40.4 Å². The lowest BCUT2D eigenvalue weighted by molar-refractivity contribution is -0.120. The average molecular weight is 419 g/mol. The highest BCUT2D eigenvalue weighted by atomic mass is 32.1. The molecule has 0 saturated heterocycles. The van der Waals surface area contributed by atoms with Gasteiger partial charge < -0.3 is 16.8 Å². The van der Waals surface area contributed by atoms with Gasteiger partial charge in [-0.2, -0.15) is 4.37 Å². The Morgan fingerprint density at radius 3 is 2.59 bits per heavy atom. The van der Waals surface area contributed by atoms with Crippen molar-refractivity contribution in [2.75, 3.05) is 17.2 Å². The topological polar surface area (TPSA) is 131 Å². The number of amides is 3. The lowest BCUT2D eigenvalue weighted by Gasteiger charge is -2.26. The van der Waals surface area contributed by atoms with E-state index in [0.717, 1.165) is 43.1 Å². The van der Waals surface area contributed by atoms with E-state index in [2.05, 4.69) is 9.69 Å². The van der Waals surface area contributed by atoms with Gasteiger partial charge in [-0.05, 0) is 42.6 Å². The van der Waals surface area contributed by atoms with Crippen LogP contribution in [0.25, 0.3) is 0 Å². The fourth-order valence-electron chi connectivity index (χ4n) is 3.34. The van der Waals surface area contributed by atoms with Crippen molar-refractivity contribution in [2.24, 2.45) is 5.73 Å². The Morgan fingerprint density at radius 2 is 1.97 bits per heavy atom. The molecule has 29 heavy (non-hydrogen) atoms. The van der Waals surface area contributed by atoms with Crippen molar-refractivity contribution in [3.63, 3.8) is 0 Å². The number of nitrogens with zero attached hydrogens (tertiary/aromatic N) is 2. The van der Waals surface area contributed by atoms with Crippen molar-refractivity contribution >= 4 is 40.6 Å². The van der Waals surface area contributed by atoms with E-state index in [9.17, 15) is 18.8 Å². The van der Waals surface area contributed by atoms with Crippen LogP contribution in [0, 0.1) is 5.82 Å². The smallest absolute Gasteiger partial charge is 0.272 e. The molecule has 0 atom stereocenters. The monoisotopic (exact) mass is 419 g/mol. The number of anilines is 2. The van der Waals surface area contributed by atoms with Crippen LogP contribution in [0.4, 0.5) is 15.8 Å². The molecular weight excluding hydrogens is 397 g/mol. The SMILES string of the molecule is NC(=O)c1nsc(C(=O)N(CC(=O)NC2CCCCC2)c2cccc(F)c2)c1N. The summed E-state index contributed by atoms with van der Waals surface area (Å²) in [5.74, 6) is -2.42. The predicted octanol–water partition coefficient (Wildman–Crippen LogP) is 2.06. The number of carbonyl (C=O) groups excluding carboxylic acids is 3. The number of nitrogens with one attached hydrogen (secondary N) is 1. The lowest BCUT2D eigenvalue weighted by atomic mass is 9.95. The quantitative estimate of drug-likeness (QED) is 0.659. The van der Waals surface area contributed by atoms with Gasteiger partial charge in [-0.15, -0.1) is 0 Å². The summed E-state index contributed by atoms with van der Waals surface area (Å²) in [7, 11) is 0. The van der Waals surface area contributed by atoms with E-state index in [0.29, 0.717) is 11.5 Å². The maximum atomic E-state index is 13.8. The summed E-state index contributed by atoms with van der Waals surface area (Å²) in [6, 6.07) is 5.41. The van der Waals surface area contributed by atoms with Crippen molar-refractivity contribution in [1.82, 2.24) is 9.69 Å². The number of primary amides is 1. The van der Waals surface area contributed by atoms with Gasteiger partial charge in [0.2, 0.25) is 5.91 Å². The molecule has 0 aliphatic heterocycles. The first-order valence-corrected chi connectivity index (χ1v) is 10.1. The van der Waals surface area contributed by atoms with Crippen LogP contribution in [0.3, 0.4) is 0 Å². The Hall–Kier alpha value is -3.01. The number of carbonyl (C=O) groups is 3. The minimum absolute atomic E-state index is 0.0338. The fraction of sp³-hybridized carbons (Fsp3) is 0.368. The first-order chi connectivity index (χ1) is 13.9. The summed E-state index contributed by atoms with van der Waals surface area (Å²) >= 11 is 0.710. The van der Waals surface area contributed by atoms with Crippen LogP contribution in [-0.2, 0) is 4.79 Å². The zero-order chi connectivity index (χ0) is 21.0. The molecule has 1 aliphatic rings. The van der Waals surface area contributed by atoms with Gasteiger partial charge in [-0.25, -0.2) is 4.39 Å². The first kappa shape index (κ1) is 20.7. The van der Waals surface area contributed by atoms with Crippen molar-refractivity contribution < 1.29 is 18.8 Å². The highest BCUT2D eigenvalue weighted by Crippen LogP contribution is 2.26. The number of nitrogen functional groups attached to an aromatic ring is 1. The molecule has 5 N–H and O–H groups in total. The Bertz CT molecular complexity index is 926. The largest absolute Gasteiger partial charge is 0.395 e. The lowest BCUT2D eigenvalue weighted by Crippen LogP contribution is -2.45. The van der Waals surface area contributed by atoms with Gasteiger partial charge >= 0.3 is 0 Å². The number of rotatable bonds is 6. The molecule has 3 rings (SSSR count). The third-order valence-electron chi connectivity index (χ3n) is 4.79. The van der Waals surface area contributed by atoms with Gasteiger partial charge in [0.15, 0.2) is 5.69 Å². The van der Waals surface area contributed by atoms with E-state index < -0.39 is 17.6 Å². The van der Waals surface area contributed by atoms with Crippen molar-refractivity contribution in [3.05, 3.63) is 40.7 Å². The summed E-state index contributed by atoms with van der Waals surface area (Å²) < 4.78 is 17.6. The molecule has 1 aliphatic carbocycles. The minimum atomic E-state index is -0.856. The molecule has 0 radical (unpaired) electrons. The highest BCUT2D eigenvalue weighted by Gasteiger charge is 2.28. The zero-order valence-electron chi connectivity index (χ0n) is 15.7. The molecule has 1 aromatic heterocycles. The van der Waals surface area contributed by atoms with Gasteiger partial charge in [0.25, 0.3) is 11.8 Å².